The number of halogens is 1. The lowest BCUT2D eigenvalue weighted by Gasteiger charge is -2.19. The summed E-state index contributed by atoms with van der Waals surface area (Å²) in [4.78, 5) is 14.1. The second kappa shape index (κ2) is 7.43. The van der Waals surface area contributed by atoms with Crippen LogP contribution < -0.4 is 15.4 Å². The monoisotopic (exact) mass is 377 g/mol. The smallest absolute Gasteiger partial charge is 0.239 e. The second-order valence-corrected chi connectivity index (χ2v) is 7.79. The molecule has 1 aliphatic heterocycles. The minimum Gasteiger partial charge on any atom is -0.362 e. The van der Waals surface area contributed by atoms with E-state index in [1.807, 2.05) is 4.90 Å². The lowest BCUT2D eigenvalue weighted by molar-refractivity contribution is -0.119. The van der Waals surface area contributed by atoms with Gasteiger partial charge in [0.2, 0.25) is 15.9 Å². The molecular formula is C18H20FN3O3S. The Balaban J connectivity index is 1.54. The van der Waals surface area contributed by atoms with Gasteiger partial charge in [0, 0.05) is 18.8 Å². The Morgan fingerprint density at radius 2 is 1.92 bits per heavy atom. The molecule has 1 aliphatic rings. The summed E-state index contributed by atoms with van der Waals surface area (Å²) in [5.41, 5.74) is 2.68. The minimum atomic E-state index is -3.73. The number of nitrogens with one attached hydrogen (secondary N) is 1. The molecule has 0 atom stereocenters. The van der Waals surface area contributed by atoms with Crippen molar-refractivity contribution in [1.29, 1.82) is 0 Å². The fourth-order valence-corrected chi connectivity index (χ4v) is 3.58. The number of carbonyl (C=O) groups is 1. The Morgan fingerprint density at radius 3 is 2.62 bits per heavy atom. The molecule has 0 aliphatic carbocycles. The van der Waals surface area contributed by atoms with E-state index in [0.717, 1.165) is 16.8 Å². The Labute approximate surface area is 151 Å². The molecule has 0 unspecified atom stereocenters. The molecule has 138 valence electrons. The van der Waals surface area contributed by atoms with Crippen LogP contribution in [0.15, 0.2) is 47.4 Å². The zero-order chi connectivity index (χ0) is 18.7. The van der Waals surface area contributed by atoms with Crippen molar-refractivity contribution in [2.24, 2.45) is 5.14 Å². The SMILES string of the molecule is NS(=O)(=O)c1ccc2c(c1)CCN2CC(=O)NCCc1ccc(F)cc1. The van der Waals surface area contributed by atoms with Gasteiger partial charge in [-0.2, -0.15) is 0 Å². The molecule has 2 aromatic carbocycles. The number of anilines is 1. The van der Waals surface area contributed by atoms with Crippen LogP contribution in [0.5, 0.6) is 0 Å². The van der Waals surface area contributed by atoms with Gasteiger partial charge < -0.3 is 10.2 Å². The molecule has 2 aromatic rings. The molecule has 0 saturated heterocycles. The highest BCUT2D eigenvalue weighted by molar-refractivity contribution is 7.89. The maximum Gasteiger partial charge on any atom is 0.239 e. The summed E-state index contributed by atoms with van der Waals surface area (Å²) in [6.45, 7) is 1.31. The Hall–Kier alpha value is -2.45. The van der Waals surface area contributed by atoms with Crippen molar-refractivity contribution in [3.63, 3.8) is 0 Å². The number of primary sulfonamides is 1. The largest absolute Gasteiger partial charge is 0.362 e. The van der Waals surface area contributed by atoms with Gasteiger partial charge in [-0.25, -0.2) is 17.9 Å². The number of hydrogen-bond donors (Lipinski definition) is 2. The van der Waals surface area contributed by atoms with Crippen molar-refractivity contribution >= 4 is 21.6 Å². The first-order chi connectivity index (χ1) is 12.3. The summed E-state index contributed by atoms with van der Waals surface area (Å²) >= 11 is 0. The third-order valence-electron chi connectivity index (χ3n) is 4.35. The number of sulfonamides is 1. The number of hydrogen-bond acceptors (Lipinski definition) is 4. The first kappa shape index (κ1) is 18.3. The summed E-state index contributed by atoms with van der Waals surface area (Å²) < 4.78 is 35.7. The Morgan fingerprint density at radius 1 is 1.19 bits per heavy atom. The fraction of sp³-hybridized carbons (Fsp3) is 0.278. The lowest BCUT2D eigenvalue weighted by Crippen LogP contribution is -2.37. The van der Waals surface area contributed by atoms with E-state index in [4.69, 9.17) is 5.14 Å². The number of carbonyl (C=O) groups excluding carboxylic acids is 1. The van der Waals surface area contributed by atoms with Crippen molar-refractivity contribution in [3.8, 4) is 0 Å². The third kappa shape index (κ3) is 4.39. The first-order valence-electron chi connectivity index (χ1n) is 8.25. The molecule has 26 heavy (non-hydrogen) atoms. The number of nitrogens with zero attached hydrogens (tertiary/aromatic N) is 1. The number of fused-ring (bicyclic) bond motifs is 1. The average molecular weight is 377 g/mol. The van der Waals surface area contributed by atoms with Crippen LogP contribution in [0.3, 0.4) is 0 Å². The van der Waals surface area contributed by atoms with Gasteiger partial charge in [0.25, 0.3) is 0 Å². The zero-order valence-corrected chi connectivity index (χ0v) is 14.9. The fourth-order valence-electron chi connectivity index (χ4n) is 3.01. The molecule has 0 saturated carbocycles. The van der Waals surface area contributed by atoms with Gasteiger partial charge in [-0.15, -0.1) is 0 Å². The van der Waals surface area contributed by atoms with E-state index < -0.39 is 10.0 Å². The molecular weight excluding hydrogens is 357 g/mol. The lowest BCUT2D eigenvalue weighted by atomic mass is 10.1. The maximum absolute atomic E-state index is 12.9. The summed E-state index contributed by atoms with van der Waals surface area (Å²) in [7, 11) is -3.73. The van der Waals surface area contributed by atoms with Crippen LogP contribution in [0, 0.1) is 5.82 Å². The summed E-state index contributed by atoms with van der Waals surface area (Å²) in [6, 6.07) is 10.9. The van der Waals surface area contributed by atoms with Gasteiger partial charge in [0.15, 0.2) is 0 Å². The number of rotatable bonds is 6. The van der Waals surface area contributed by atoms with Crippen LogP contribution in [-0.2, 0) is 27.7 Å². The topological polar surface area (TPSA) is 92.5 Å². The quantitative estimate of drug-likeness (QED) is 0.791. The minimum absolute atomic E-state index is 0.0850. The average Bonchev–Trinajstić information content (AvgIpc) is 2.98. The first-order valence-corrected chi connectivity index (χ1v) is 9.79. The maximum atomic E-state index is 12.9. The van der Waals surface area contributed by atoms with Crippen LogP contribution >= 0.6 is 0 Å². The molecule has 1 amide bonds. The van der Waals surface area contributed by atoms with E-state index in [9.17, 15) is 17.6 Å². The van der Waals surface area contributed by atoms with Crippen molar-refractivity contribution < 1.29 is 17.6 Å². The third-order valence-corrected chi connectivity index (χ3v) is 5.27. The molecule has 3 rings (SSSR count). The van der Waals surface area contributed by atoms with Crippen LogP contribution in [-0.4, -0.2) is 34.0 Å². The highest BCUT2D eigenvalue weighted by Crippen LogP contribution is 2.29. The normalized spacial score (nSPS) is 13.5. The summed E-state index contributed by atoms with van der Waals surface area (Å²) in [5, 5.41) is 8.00. The van der Waals surface area contributed by atoms with Gasteiger partial charge in [0.05, 0.1) is 11.4 Å². The van der Waals surface area contributed by atoms with Crippen LogP contribution in [0.2, 0.25) is 0 Å². The predicted octanol–water partition coefficient (Wildman–Crippen LogP) is 1.19. The number of amides is 1. The predicted molar refractivity (Wildman–Crippen MR) is 96.8 cm³/mol. The molecule has 0 radical (unpaired) electrons. The summed E-state index contributed by atoms with van der Waals surface area (Å²) in [6.07, 6.45) is 1.29. The second-order valence-electron chi connectivity index (χ2n) is 6.23. The van der Waals surface area contributed by atoms with E-state index in [1.165, 1.54) is 18.2 Å². The van der Waals surface area contributed by atoms with Gasteiger partial charge >= 0.3 is 0 Å². The molecule has 6 nitrogen and oxygen atoms in total. The van der Waals surface area contributed by atoms with E-state index in [0.29, 0.717) is 25.9 Å². The molecule has 3 N–H and O–H groups in total. The molecule has 0 aromatic heterocycles. The Kier molecular flexibility index (Phi) is 5.24. The Bertz CT molecular complexity index is 914. The van der Waals surface area contributed by atoms with E-state index in [1.54, 1.807) is 24.3 Å². The van der Waals surface area contributed by atoms with E-state index >= 15 is 0 Å². The van der Waals surface area contributed by atoms with Gasteiger partial charge in [-0.3, -0.25) is 4.79 Å². The molecule has 0 bridgehead atoms. The number of benzene rings is 2. The summed E-state index contributed by atoms with van der Waals surface area (Å²) in [5.74, 6) is -0.397. The van der Waals surface area contributed by atoms with Crippen molar-refractivity contribution in [2.75, 3.05) is 24.5 Å². The van der Waals surface area contributed by atoms with Gasteiger partial charge in [-0.1, -0.05) is 12.1 Å². The number of nitrogens with two attached hydrogens (primary N) is 1. The van der Waals surface area contributed by atoms with Crippen molar-refractivity contribution in [3.05, 3.63) is 59.4 Å². The molecule has 0 fully saturated rings. The van der Waals surface area contributed by atoms with E-state index in [2.05, 4.69) is 5.32 Å². The van der Waals surface area contributed by atoms with E-state index in [-0.39, 0.29) is 23.2 Å². The van der Waals surface area contributed by atoms with Crippen molar-refractivity contribution in [2.45, 2.75) is 17.7 Å². The zero-order valence-electron chi connectivity index (χ0n) is 14.1. The van der Waals surface area contributed by atoms with Gasteiger partial charge in [0.1, 0.15) is 5.82 Å². The van der Waals surface area contributed by atoms with Crippen LogP contribution in [0.4, 0.5) is 10.1 Å². The molecule has 8 heteroatoms. The highest BCUT2D eigenvalue weighted by Gasteiger charge is 2.22. The molecule has 0 spiro atoms. The van der Waals surface area contributed by atoms with Crippen molar-refractivity contribution in [1.82, 2.24) is 5.32 Å². The highest BCUT2D eigenvalue weighted by atomic mass is 32.2. The standard InChI is InChI=1S/C18H20FN3O3S/c19-15-3-1-13(2-4-15)7-9-21-18(23)12-22-10-8-14-11-16(26(20,24)25)5-6-17(14)22/h1-6,11H,7-10,12H2,(H,21,23)(H2,20,24,25). The van der Waals surface area contributed by atoms with Crippen LogP contribution in [0.25, 0.3) is 0 Å². The van der Waals surface area contributed by atoms with Gasteiger partial charge in [-0.05, 0) is 54.3 Å². The molecule has 1 heterocycles. The van der Waals surface area contributed by atoms with Crippen LogP contribution in [0.1, 0.15) is 11.1 Å².